The second kappa shape index (κ2) is 7.98. The van der Waals surface area contributed by atoms with E-state index in [2.05, 4.69) is 32.1 Å². The maximum absolute atomic E-state index is 11.6. The molecule has 2 aromatic rings. The summed E-state index contributed by atoms with van der Waals surface area (Å²) < 4.78 is 17.8. The number of amides is 1. The second-order valence-corrected chi connectivity index (χ2v) is 6.85. The molecular weight excluding hydrogens is 348 g/mol. The van der Waals surface area contributed by atoms with E-state index >= 15 is 0 Å². The molecule has 1 N–H and O–H groups in total. The van der Waals surface area contributed by atoms with Crippen molar-refractivity contribution in [1.29, 1.82) is 0 Å². The molecule has 1 atom stereocenters. The van der Waals surface area contributed by atoms with Crippen molar-refractivity contribution in [2.24, 2.45) is 0 Å². The Morgan fingerprint density at radius 2 is 2.22 bits per heavy atom. The Kier molecular flexibility index (Phi) is 5.26. The molecule has 1 aromatic heterocycles. The first-order chi connectivity index (χ1) is 13.2. The topological polar surface area (TPSA) is 77.8 Å². The van der Waals surface area contributed by atoms with Gasteiger partial charge in [-0.2, -0.15) is 5.10 Å². The molecule has 0 saturated heterocycles. The third-order valence-corrected chi connectivity index (χ3v) is 4.87. The zero-order chi connectivity index (χ0) is 18.6. The van der Waals surface area contributed by atoms with Gasteiger partial charge in [0, 0.05) is 39.5 Å². The van der Waals surface area contributed by atoms with Gasteiger partial charge in [-0.25, -0.2) is 0 Å². The third kappa shape index (κ3) is 4.06. The first kappa shape index (κ1) is 17.8. The SMILES string of the molecule is COCC(=O)NCCC1CN(Cc2ccc3c(c2)OCO3)Cc2ccnn21. The molecule has 0 radical (unpaired) electrons. The number of aromatic nitrogens is 2. The lowest BCUT2D eigenvalue weighted by Crippen LogP contribution is -2.39. The van der Waals surface area contributed by atoms with E-state index in [9.17, 15) is 4.79 Å². The normalized spacial score (nSPS) is 18.3. The van der Waals surface area contributed by atoms with Crippen molar-refractivity contribution < 1.29 is 19.0 Å². The van der Waals surface area contributed by atoms with Gasteiger partial charge in [-0.05, 0) is 30.2 Å². The first-order valence-corrected chi connectivity index (χ1v) is 9.12. The minimum atomic E-state index is -0.0915. The van der Waals surface area contributed by atoms with Gasteiger partial charge in [-0.15, -0.1) is 0 Å². The van der Waals surface area contributed by atoms with Gasteiger partial charge in [0.1, 0.15) is 6.61 Å². The standard InChI is InChI=1S/C19H24N4O4/c1-25-12-19(24)20-6-4-15-10-22(11-16-5-7-21-23(15)16)9-14-2-3-17-18(8-14)27-13-26-17/h2-3,5,7-8,15H,4,6,9-13H2,1H3,(H,20,24). The number of ether oxygens (including phenoxy) is 3. The Morgan fingerprint density at radius 1 is 1.33 bits per heavy atom. The smallest absolute Gasteiger partial charge is 0.245 e. The van der Waals surface area contributed by atoms with Crippen LogP contribution >= 0.6 is 0 Å². The molecule has 0 saturated carbocycles. The van der Waals surface area contributed by atoms with Crippen molar-refractivity contribution in [3.05, 3.63) is 41.7 Å². The summed E-state index contributed by atoms with van der Waals surface area (Å²) in [5.41, 5.74) is 2.38. The predicted molar refractivity (Wildman–Crippen MR) is 97.4 cm³/mol. The van der Waals surface area contributed by atoms with E-state index in [1.807, 2.05) is 18.3 Å². The zero-order valence-electron chi connectivity index (χ0n) is 15.4. The van der Waals surface area contributed by atoms with Gasteiger partial charge >= 0.3 is 0 Å². The Labute approximate surface area is 158 Å². The Hall–Kier alpha value is -2.58. The molecule has 0 bridgehead atoms. The number of hydrogen-bond donors (Lipinski definition) is 1. The Bertz CT molecular complexity index is 807. The van der Waals surface area contributed by atoms with Gasteiger partial charge in [0.05, 0.1) is 11.7 Å². The number of methoxy groups -OCH3 is 1. The summed E-state index contributed by atoms with van der Waals surface area (Å²) in [7, 11) is 1.52. The van der Waals surface area contributed by atoms with Crippen LogP contribution in [-0.4, -0.2) is 54.2 Å². The quantitative estimate of drug-likeness (QED) is 0.790. The van der Waals surface area contributed by atoms with E-state index in [4.69, 9.17) is 14.2 Å². The van der Waals surface area contributed by atoms with E-state index in [0.717, 1.165) is 37.6 Å². The summed E-state index contributed by atoms with van der Waals surface area (Å²) in [6.45, 7) is 3.54. The maximum atomic E-state index is 11.6. The lowest BCUT2D eigenvalue weighted by Gasteiger charge is -2.34. The highest BCUT2D eigenvalue weighted by molar-refractivity contribution is 5.77. The van der Waals surface area contributed by atoms with Crippen molar-refractivity contribution in [2.75, 3.05) is 33.6 Å². The average Bonchev–Trinajstić information content (AvgIpc) is 3.30. The van der Waals surface area contributed by atoms with Crippen molar-refractivity contribution in [3.63, 3.8) is 0 Å². The highest BCUT2D eigenvalue weighted by Gasteiger charge is 2.26. The second-order valence-electron chi connectivity index (χ2n) is 6.85. The van der Waals surface area contributed by atoms with Crippen LogP contribution in [0.1, 0.15) is 23.7 Å². The molecule has 8 nitrogen and oxygen atoms in total. The molecule has 2 aliphatic rings. The summed E-state index contributed by atoms with van der Waals surface area (Å²) in [5, 5.41) is 7.37. The average molecular weight is 372 g/mol. The highest BCUT2D eigenvalue weighted by atomic mass is 16.7. The van der Waals surface area contributed by atoms with E-state index in [1.165, 1.54) is 18.4 Å². The molecule has 3 heterocycles. The fourth-order valence-electron chi connectivity index (χ4n) is 3.66. The number of fused-ring (bicyclic) bond motifs is 2. The van der Waals surface area contributed by atoms with Crippen molar-refractivity contribution >= 4 is 5.91 Å². The fraction of sp³-hybridized carbons (Fsp3) is 0.474. The van der Waals surface area contributed by atoms with Crippen LogP contribution in [0.25, 0.3) is 0 Å². The van der Waals surface area contributed by atoms with Gasteiger partial charge in [-0.1, -0.05) is 6.07 Å². The first-order valence-electron chi connectivity index (χ1n) is 9.12. The zero-order valence-corrected chi connectivity index (χ0v) is 15.4. The van der Waals surface area contributed by atoms with Crippen molar-refractivity contribution in [1.82, 2.24) is 20.0 Å². The van der Waals surface area contributed by atoms with Crippen molar-refractivity contribution in [3.8, 4) is 11.5 Å². The molecule has 0 fully saturated rings. The molecule has 0 aliphatic carbocycles. The van der Waals surface area contributed by atoms with Crippen LogP contribution in [0.2, 0.25) is 0 Å². The molecule has 27 heavy (non-hydrogen) atoms. The van der Waals surface area contributed by atoms with Crippen LogP contribution in [0.4, 0.5) is 0 Å². The molecule has 0 spiro atoms. The lowest BCUT2D eigenvalue weighted by molar-refractivity contribution is -0.124. The predicted octanol–water partition coefficient (Wildman–Crippen LogP) is 1.32. The van der Waals surface area contributed by atoms with Crippen LogP contribution in [0, 0.1) is 0 Å². The molecule has 144 valence electrons. The van der Waals surface area contributed by atoms with Crippen LogP contribution in [0.15, 0.2) is 30.5 Å². The molecule has 1 aromatic carbocycles. The number of nitrogens with zero attached hydrogens (tertiary/aromatic N) is 3. The summed E-state index contributed by atoms with van der Waals surface area (Å²) in [5.74, 6) is 1.53. The summed E-state index contributed by atoms with van der Waals surface area (Å²) in [4.78, 5) is 14.0. The van der Waals surface area contributed by atoms with E-state index in [1.54, 1.807) is 0 Å². The minimum absolute atomic E-state index is 0.0912. The summed E-state index contributed by atoms with van der Waals surface area (Å²) in [6, 6.07) is 8.38. The number of carbonyl (C=O) groups excluding carboxylic acids is 1. The molecule has 1 amide bonds. The van der Waals surface area contributed by atoms with Crippen LogP contribution in [-0.2, 0) is 22.6 Å². The fourth-order valence-corrected chi connectivity index (χ4v) is 3.66. The lowest BCUT2D eigenvalue weighted by atomic mass is 10.1. The van der Waals surface area contributed by atoms with Crippen LogP contribution in [0.5, 0.6) is 11.5 Å². The molecule has 1 unspecified atom stereocenters. The Morgan fingerprint density at radius 3 is 3.11 bits per heavy atom. The molecular formula is C19H24N4O4. The summed E-state index contributed by atoms with van der Waals surface area (Å²) >= 11 is 0. The largest absolute Gasteiger partial charge is 0.454 e. The van der Waals surface area contributed by atoms with Gasteiger partial charge < -0.3 is 19.5 Å². The van der Waals surface area contributed by atoms with Gasteiger partial charge in [-0.3, -0.25) is 14.4 Å². The summed E-state index contributed by atoms with van der Waals surface area (Å²) in [6.07, 6.45) is 2.66. The molecule has 8 heteroatoms. The van der Waals surface area contributed by atoms with Crippen LogP contribution in [0.3, 0.4) is 0 Å². The highest BCUT2D eigenvalue weighted by Crippen LogP contribution is 2.33. The van der Waals surface area contributed by atoms with Crippen molar-refractivity contribution in [2.45, 2.75) is 25.6 Å². The Balaban J connectivity index is 1.39. The minimum Gasteiger partial charge on any atom is -0.454 e. The molecule has 2 aliphatic heterocycles. The third-order valence-electron chi connectivity index (χ3n) is 4.87. The van der Waals surface area contributed by atoms with E-state index in [0.29, 0.717) is 13.3 Å². The number of benzene rings is 1. The van der Waals surface area contributed by atoms with E-state index < -0.39 is 0 Å². The number of rotatable bonds is 7. The van der Waals surface area contributed by atoms with E-state index in [-0.39, 0.29) is 18.6 Å². The number of nitrogens with one attached hydrogen (secondary N) is 1. The maximum Gasteiger partial charge on any atom is 0.245 e. The monoisotopic (exact) mass is 372 g/mol. The van der Waals surface area contributed by atoms with Crippen LogP contribution < -0.4 is 14.8 Å². The van der Waals surface area contributed by atoms with Gasteiger partial charge in [0.25, 0.3) is 0 Å². The number of carbonyl (C=O) groups is 1. The van der Waals surface area contributed by atoms with Gasteiger partial charge in [0.15, 0.2) is 11.5 Å². The molecule has 4 rings (SSSR count). The van der Waals surface area contributed by atoms with Gasteiger partial charge in [0.2, 0.25) is 12.7 Å². The number of hydrogen-bond acceptors (Lipinski definition) is 6.